The zero-order chi connectivity index (χ0) is 12.1. The molecule has 3 N–H and O–H groups in total. The van der Waals surface area contributed by atoms with Gasteiger partial charge in [0.15, 0.2) is 0 Å². The molecule has 1 heterocycles. The van der Waals surface area contributed by atoms with Gasteiger partial charge >= 0.3 is 0 Å². The zero-order valence-electron chi connectivity index (χ0n) is 9.84. The van der Waals surface area contributed by atoms with Crippen molar-refractivity contribution in [3.8, 4) is 0 Å². The number of aliphatic hydroxyl groups is 1. The third kappa shape index (κ3) is 3.04. The fraction of sp³-hybridized carbons (Fsp3) is 0.538. The Bertz CT molecular complexity index is 338. The van der Waals surface area contributed by atoms with Gasteiger partial charge < -0.3 is 20.3 Å². The first-order valence-electron chi connectivity index (χ1n) is 5.90. The Balaban J connectivity index is 2.07. The molecule has 2 rings (SSSR count). The lowest BCUT2D eigenvalue weighted by Gasteiger charge is -2.37. The number of hydrogen-bond acceptors (Lipinski definition) is 4. The summed E-state index contributed by atoms with van der Waals surface area (Å²) in [6.07, 6.45) is 0.139. The van der Waals surface area contributed by atoms with E-state index in [-0.39, 0.29) is 12.6 Å². The molecule has 0 saturated carbocycles. The van der Waals surface area contributed by atoms with Crippen LogP contribution in [0, 0.1) is 0 Å². The summed E-state index contributed by atoms with van der Waals surface area (Å²) in [5.74, 6) is 0. The summed E-state index contributed by atoms with van der Waals surface area (Å²) in [6, 6.07) is 9.80. The van der Waals surface area contributed by atoms with Crippen molar-refractivity contribution in [1.29, 1.82) is 0 Å². The molecule has 1 aliphatic rings. The van der Waals surface area contributed by atoms with Crippen LogP contribution in [0.5, 0.6) is 0 Å². The van der Waals surface area contributed by atoms with Crippen molar-refractivity contribution in [1.82, 2.24) is 0 Å². The summed E-state index contributed by atoms with van der Waals surface area (Å²) >= 11 is 0. The minimum Gasteiger partial charge on any atom is -0.385 e. The van der Waals surface area contributed by atoms with Crippen molar-refractivity contribution in [2.24, 2.45) is 5.73 Å². The fourth-order valence-corrected chi connectivity index (χ4v) is 2.06. The first kappa shape index (κ1) is 12.5. The lowest BCUT2D eigenvalue weighted by molar-refractivity contribution is -0.171. The first-order chi connectivity index (χ1) is 8.24. The Hall–Kier alpha value is -0.940. The van der Waals surface area contributed by atoms with Gasteiger partial charge in [-0.3, -0.25) is 0 Å². The highest BCUT2D eigenvalue weighted by molar-refractivity contribution is 5.18. The molecule has 0 aliphatic carbocycles. The second-order valence-electron chi connectivity index (χ2n) is 4.40. The second kappa shape index (κ2) is 5.60. The van der Waals surface area contributed by atoms with Crippen LogP contribution in [-0.2, 0) is 15.9 Å². The van der Waals surface area contributed by atoms with Crippen LogP contribution in [-0.4, -0.2) is 43.2 Å². The molecule has 2 atom stereocenters. The Morgan fingerprint density at radius 1 is 1.29 bits per heavy atom. The van der Waals surface area contributed by atoms with Crippen LogP contribution < -0.4 is 5.73 Å². The van der Waals surface area contributed by atoms with Gasteiger partial charge in [-0.2, -0.15) is 0 Å². The number of benzene rings is 1. The average Bonchev–Trinajstić information content (AvgIpc) is 2.41. The molecular weight excluding hydrogens is 218 g/mol. The molecule has 0 amide bonds. The molecule has 1 aromatic carbocycles. The molecule has 1 aromatic rings. The van der Waals surface area contributed by atoms with Gasteiger partial charge in [-0.25, -0.2) is 0 Å². The van der Waals surface area contributed by atoms with Gasteiger partial charge in [0, 0.05) is 13.0 Å². The minimum atomic E-state index is -1.05. The molecule has 1 aliphatic heterocycles. The molecule has 1 fully saturated rings. The van der Waals surface area contributed by atoms with E-state index in [2.05, 4.69) is 0 Å². The fourth-order valence-electron chi connectivity index (χ4n) is 2.06. The van der Waals surface area contributed by atoms with E-state index in [1.807, 2.05) is 30.3 Å². The molecule has 17 heavy (non-hydrogen) atoms. The summed E-state index contributed by atoms with van der Waals surface area (Å²) in [4.78, 5) is 0. The molecular formula is C13H19NO3. The van der Waals surface area contributed by atoms with Crippen molar-refractivity contribution in [3.63, 3.8) is 0 Å². The molecule has 4 heteroatoms. The van der Waals surface area contributed by atoms with Crippen molar-refractivity contribution in [3.05, 3.63) is 35.9 Å². The van der Waals surface area contributed by atoms with Crippen molar-refractivity contribution >= 4 is 0 Å². The van der Waals surface area contributed by atoms with E-state index in [1.54, 1.807) is 0 Å². The molecule has 0 spiro atoms. The third-order valence-electron chi connectivity index (χ3n) is 3.12. The van der Waals surface area contributed by atoms with Crippen LogP contribution in [0.15, 0.2) is 30.3 Å². The van der Waals surface area contributed by atoms with Crippen molar-refractivity contribution in [2.75, 3.05) is 26.4 Å². The SMILES string of the molecule is NCC(O)(Cc1ccccc1)C1COCCO1. The van der Waals surface area contributed by atoms with Crippen LogP contribution in [0.25, 0.3) is 0 Å². The van der Waals surface area contributed by atoms with Gasteiger partial charge in [0.05, 0.1) is 19.8 Å². The van der Waals surface area contributed by atoms with E-state index in [9.17, 15) is 5.11 Å². The quantitative estimate of drug-likeness (QED) is 0.792. The van der Waals surface area contributed by atoms with E-state index >= 15 is 0 Å². The average molecular weight is 237 g/mol. The van der Waals surface area contributed by atoms with Gasteiger partial charge in [0.2, 0.25) is 0 Å². The third-order valence-corrected chi connectivity index (χ3v) is 3.12. The Labute approximate surface area is 101 Å². The van der Waals surface area contributed by atoms with E-state index in [0.717, 1.165) is 5.56 Å². The number of hydrogen-bond donors (Lipinski definition) is 2. The highest BCUT2D eigenvalue weighted by Crippen LogP contribution is 2.21. The molecule has 94 valence electrons. The van der Waals surface area contributed by atoms with E-state index in [4.69, 9.17) is 15.2 Å². The largest absolute Gasteiger partial charge is 0.385 e. The van der Waals surface area contributed by atoms with Crippen LogP contribution >= 0.6 is 0 Å². The van der Waals surface area contributed by atoms with Gasteiger partial charge in [0.1, 0.15) is 11.7 Å². The number of rotatable bonds is 4. The summed E-state index contributed by atoms with van der Waals surface area (Å²) < 4.78 is 10.9. The molecule has 0 aromatic heterocycles. The van der Waals surface area contributed by atoms with Gasteiger partial charge in [-0.1, -0.05) is 30.3 Å². The number of nitrogens with two attached hydrogens (primary N) is 1. The van der Waals surface area contributed by atoms with E-state index < -0.39 is 5.60 Å². The monoisotopic (exact) mass is 237 g/mol. The van der Waals surface area contributed by atoms with Crippen LogP contribution in [0.3, 0.4) is 0 Å². The van der Waals surface area contributed by atoms with E-state index in [0.29, 0.717) is 26.2 Å². The summed E-state index contributed by atoms with van der Waals surface area (Å²) in [5.41, 5.74) is 5.70. The minimum absolute atomic E-state index is 0.163. The lowest BCUT2D eigenvalue weighted by atomic mass is 9.89. The summed E-state index contributed by atoms with van der Waals surface area (Å²) in [5, 5.41) is 10.6. The molecule has 4 nitrogen and oxygen atoms in total. The topological polar surface area (TPSA) is 64.7 Å². The smallest absolute Gasteiger partial charge is 0.111 e. The van der Waals surface area contributed by atoms with E-state index in [1.165, 1.54) is 0 Å². The van der Waals surface area contributed by atoms with Crippen molar-refractivity contribution < 1.29 is 14.6 Å². The second-order valence-corrected chi connectivity index (χ2v) is 4.40. The van der Waals surface area contributed by atoms with Gasteiger partial charge in [-0.15, -0.1) is 0 Å². The number of ether oxygens (including phenoxy) is 2. The summed E-state index contributed by atoms with van der Waals surface area (Å²) in [7, 11) is 0. The summed E-state index contributed by atoms with van der Waals surface area (Å²) in [6.45, 7) is 1.67. The Morgan fingerprint density at radius 3 is 2.65 bits per heavy atom. The molecule has 1 saturated heterocycles. The molecule has 2 unspecified atom stereocenters. The van der Waals surface area contributed by atoms with Crippen LogP contribution in [0.1, 0.15) is 5.56 Å². The Kier molecular flexibility index (Phi) is 4.12. The highest BCUT2D eigenvalue weighted by atomic mass is 16.6. The normalized spacial score (nSPS) is 24.2. The molecule has 0 radical (unpaired) electrons. The maximum absolute atomic E-state index is 10.6. The van der Waals surface area contributed by atoms with Gasteiger partial charge in [0.25, 0.3) is 0 Å². The Morgan fingerprint density at radius 2 is 2.06 bits per heavy atom. The van der Waals surface area contributed by atoms with Crippen LogP contribution in [0.2, 0.25) is 0 Å². The predicted octanol–water partition coefficient (Wildman–Crippen LogP) is 0.334. The maximum Gasteiger partial charge on any atom is 0.111 e. The highest BCUT2D eigenvalue weighted by Gasteiger charge is 2.38. The first-order valence-corrected chi connectivity index (χ1v) is 5.90. The zero-order valence-corrected chi connectivity index (χ0v) is 9.84. The predicted molar refractivity (Wildman–Crippen MR) is 64.7 cm³/mol. The van der Waals surface area contributed by atoms with Gasteiger partial charge in [-0.05, 0) is 5.56 Å². The van der Waals surface area contributed by atoms with Crippen molar-refractivity contribution in [2.45, 2.75) is 18.1 Å². The maximum atomic E-state index is 10.6. The standard InChI is InChI=1S/C13H19NO3/c14-10-13(15,12-9-16-6-7-17-12)8-11-4-2-1-3-5-11/h1-5,12,15H,6-10,14H2. The van der Waals surface area contributed by atoms with Crippen LogP contribution in [0.4, 0.5) is 0 Å². The lowest BCUT2D eigenvalue weighted by Crippen LogP contribution is -2.55. The molecule has 0 bridgehead atoms.